The lowest BCUT2D eigenvalue weighted by molar-refractivity contribution is 0.283. The van der Waals surface area contributed by atoms with Gasteiger partial charge in [0.2, 0.25) is 0 Å². The second-order valence-corrected chi connectivity index (χ2v) is 4.06. The number of rotatable bonds is 7. The normalized spacial score (nSPS) is 9.94. The topological polar surface area (TPSA) is 47.3 Å². The quantitative estimate of drug-likeness (QED) is 0.446. The van der Waals surface area contributed by atoms with E-state index in [0.29, 0.717) is 0 Å². The van der Waals surface area contributed by atoms with E-state index >= 15 is 0 Å². The molecule has 1 aromatic rings. The van der Waals surface area contributed by atoms with Crippen LogP contribution < -0.4 is 4.90 Å². The molecule has 0 aliphatic carbocycles. The lowest BCUT2D eigenvalue weighted by Gasteiger charge is -2.16. The standard InChI is InChI=1S/C14H20N2O/c1-2-13-7-6-8-14(11-13)16(12-15)9-4-3-5-10-17/h6-8,11,17H,2-5,9-10H2,1H3. The molecule has 0 aromatic heterocycles. The van der Waals surface area contributed by atoms with Crippen molar-refractivity contribution in [3.05, 3.63) is 29.8 Å². The van der Waals surface area contributed by atoms with E-state index in [1.807, 2.05) is 12.1 Å². The molecule has 0 spiro atoms. The lowest BCUT2D eigenvalue weighted by Crippen LogP contribution is -2.18. The number of nitrogens with zero attached hydrogens (tertiary/aromatic N) is 2. The summed E-state index contributed by atoms with van der Waals surface area (Å²) >= 11 is 0. The van der Waals surface area contributed by atoms with E-state index in [2.05, 4.69) is 25.2 Å². The van der Waals surface area contributed by atoms with Gasteiger partial charge in [-0.05, 0) is 43.4 Å². The van der Waals surface area contributed by atoms with Crippen molar-refractivity contribution in [2.75, 3.05) is 18.1 Å². The molecule has 0 bridgehead atoms. The Bertz CT molecular complexity index is 371. The van der Waals surface area contributed by atoms with Crippen molar-refractivity contribution in [3.8, 4) is 6.19 Å². The third kappa shape index (κ3) is 4.46. The molecule has 3 nitrogen and oxygen atoms in total. The number of hydrogen-bond donors (Lipinski definition) is 1. The number of nitriles is 1. The first-order valence-corrected chi connectivity index (χ1v) is 6.19. The first-order valence-electron chi connectivity index (χ1n) is 6.19. The molecule has 0 aliphatic heterocycles. The highest BCUT2D eigenvalue weighted by atomic mass is 16.2. The maximum Gasteiger partial charge on any atom is 0.184 e. The Labute approximate surface area is 103 Å². The summed E-state index contributed by atoms with van der Waals surface area (Å²) in [6.45, 7) is 3.07. The van der Waals surface area contributed by atoms with Crippen LogP contribution in [-0.4, -0.2) is 18.3 Å². The molecule has 0 aliphatic rings. The van der Waals surface area contributed by atoms with Crippen LogP contribution in [0.1, 0.15) is 31.7 Å². The third-order valence-corrected chi connectivity index (χ3v) is 2.79. The number of hydrogen-bond acceptors (Lipinski definition) is 3. The van der Waals surface area contributed by atoms with E-state index in [9.17, 15) is 0 Å². The van der Waals surface area contributed by atoms with Gasteiger partial charge in [-0.15, -0.1) is 0 Å². The molecule has 3 heteroatoms. The predicted molar refractivity (Wildman–Crippen MR) is 69.7 cm³/mol. The van der Waals surface area contributed by atoms with Crippen molar-refractivity contribution < 1.29 is 5.11 Å². The van der Waals surface area contributed by atoms with E-state index in [4.69, 9.17) is 10.4 Å². The maximum absolute atomic E-state index is 9.13. The highest BCUT2D eigenvalue weighted by Gasteiger charge is 2.05. The van der Waals surface area contributed by atoms with Crippen molar-refractivity contribution in [1.29, 1.82) is 5.26 Å². The van der Waals surface area contributed by atoms with Crippen LogP contribution in [0.4, 0.5) is 5.69 Å². The average molecular weight is 232 g/mol. The van der Waals surface area contributed by atoms with Gasteiger partial charge >= 0.3 is 0 Å². The van der Waals surface area contributed by atoms with E-state index in [0.717, 1.165) is 37.9 Å². The van der Waals surface area contributed by atoms with E-state index in [1.54, 1.807) is 4.90 Å². The van der Waals surface area contributed by atoms with Crippen LogP contribution >= 0.6 is 0 Å². The van der Waals surface area contributed by atoms with E-state index < -0.39 is 0 Å². The van der Waals surface area contributed by atoms with Crippen molar-refractivity contribution in [1.82, 2.24) is 0 Å². The molecule has 0 fully saturated rings. The second kappa shape index (κ2) is 7.70. The van der Waals surface area contributed by atoms with Crippen molar-refractivity contribution >= 4 is 5.69 Å². The summed E-state index contributed by atoms with van der Waals surface area (Å²) < 4.78 is 0. The monoisotopic (exact) mass is 232 g/mol. The van der Waals surface area contributed by atoms with Crippen LogP contribution in [0.15, 0.2) is 24.3 Å². The summed E-state index contributed by atoms with van der Waals surface area (Å²) in [6, 6.07) is 8.10. The van der Waals surface area contributed by atoms with Crippen LogP contribution in [0.2, 0.25) is 0 Å². The summed E-state index contributed by atoms with van der Waals surface area (Å²) in [5, 5.41) is 17.8. The highest BCUT2D eigenvalue weighted by molar-refractivity contribution is 5.51. The maximum atomic E-state index is 9.13. The van der Waals surface area contributed by atoms with Crippen molar-refractivity contribution in [3.63, 3.8) is 0 Å². The minimum Gasteiger partial charge on any atom is -0.396 e. The molecule has 0 heterocycles. The van der Waals surface area contributed by atoms with Crippen LogP contribution in [-0.2, 0) is 6.42 Å². The number of benzene rings is 1. The Morgan fingerprint density at radius 1 is 1.29 bits per heavy atom. The van der Waals surface area contributed by atoms with Gasteiger partial charge in [0, 0.05) is 13.2 Å². The summed E-state index contributed by atoms with van der Waals surface area (Å²) in [5.74, 6) is 0. The molecule has 1 aromatic carbocycles. The van der Waals surface area contributed by atoms with Gasteiger partial charge in [0.25, 0.3) is 0 Å². The zero-order valence-corrected chi connectivity index (χ0v) is 10.4. The van der Waals surface area contributed by atoms with E-state index in [1.165, 1.54) is 5.56 Å². The molecule has 0 atom stereocenters. The first-order chi connectivity index (χ1) is 8.31. The predicted octanol–water partition coefficient (Wildman–Crippen LogP) is 2.70. The van der Waals surface area contributed by atoms with Gasteiger partial charge in [-0.2, -0.15) is 5.26 Å². The Kier molecular flexibility index (Phi) is 6.13. The van der Waals surface area contributed by atoms with Gasteiger partial charge in [0.05, 0.1) is 5.69 Å². The molecule has 0 unspecified atom stereocenters. The fourth-order valence-electron chi connectivity index (χ4n) is 1.74. The summed E-state index contributed by atoms with van der Waals surface area (Å²) in [7, 11) is 0. The first kappa shape index (κ1) is 13.5. The van der Waals surface area contributed by atoms with Gasteiger partial charge in [-0.25, -0.2) is 0 Å². The van der Waals surface area contributed by atoms with Crippen molar-refractivity contribution in [2.24, 2.45) is 0 Å². The average Bonchev–Trinajstić information content (AvgIpc) is 2.39. The van der Waals surface area contributed by atoms with Gasteiger partial charge in [0.15, 0.2) is 6.19 Å². The number of unbranched alkanes of at least 4 members (excludes halogenated alkanes) is 2. The third-order valence-electron chi connectivity index (χ3n) is 2.79. The largest absolute Gasteiger partial charge is 0.396 e. The molecular formula is C14H20N2O. The molecule has 0 radical (unpaired) electrons. The molecule has 1 N–H and O–H groups in total. The SMILES string of the molecule is CCc1cccc(N(C#N)CCCCCO)c1. The van der Waals surface area contributed by atoms with Crippen LogP contribution in [0.3, 0.4) is 0 Å². The van der Waals surface area contributed by atoms with Crippen LogP contribution in [0.5, 0.6) is 0 Å². The molecule has 0 amide bonds. The number of aryl methyl sites for hydroxylation is 1. The minimum absolute atomic E-state index is 0.234. The van der Waals surface area contributed by atoms with Gasteiger partial charge in [-0.1, -0.05) is 19.1 Å². The molecule has 92 valence electrons. The molecule has 0 saturated heterocycles. The highest BCUT2D eigenvalue weighted by Crippen LogP contribution is 2.16. The second-order valence-electron chi connectivity index (χ2n) is 4.06. The summed E-state index contributed by atoms with van der Waals surface area (Å²) in [4.78, 5) is 1.72. The Hall–Kier alpha value is -1.53. The number of aliphatic hydroxyl groups is 1. The van der Waals surface area contributed by atoms with E-state index in [-0.39, 0.29) is 6.61 Å². The van der Waals surface area contributed by atoms with Gasteiger partial charge < -0.3 is 5.11 Å². The lowest BCUT2D eigenvalue weighted by atomic mass is 10.1. The van der Waals surface area contributed by atoms with Gasteiger partial charge in [-0.3, -0.25) is 4.90 Å². The fraction of sp³-hybridized carbons (Fsp3) is 0.500. The smallest absolute Gasteiger partial charge is 0.184 e. The van der Waals surface area contributed by atoms with Gasteiger partial charge in [0.1, 0.15) is 0 Å². The molecule has 1 rings (SSSR count). The fourth-order valence-corrected chi connectivity index (χ4v) is 1.74. The zero-order chi connectivity index (χ0) is 12.5. The Morgan fingerprint density at radius 3 is 2.76 bits per heavy atom. The summed E-state index contributed by atoms with van der Waals surface area (Å²) in [5.41, 5.74) is 2.22. The number of anilines is 1. The summed E-state index contributed by atoms with van der Waals surface area (Å²) in [6.07, 6.45) is 5.91. The molecule has 17 heavy (non-hydrogen) atoms. The minimum atomic E-state index is 0.234. The Morgan fingerprint density at radius 2 is 2.12 bits per heavy atom. The van der Waals surface area contributed by atoms with Crippen LogP contribution in [0.25, 0.3) is 0 Å². The Balaban J connectivity index is 2.57. The number of aliphatic hydroxyl groups excluding tert-OH is 1. The van der Waals surface area contributed by atoms with Crippen molar-refractivity contribution in [2.45, 2.75) is 32.6 Å². The zero-order valence-electron chi connectivity index (χ0n) is 10.4. The molecule has 0 saturated carbocycles. The van der Waals surface area contributed by atoms with Crippen LogP contribution in [0, 0.1) is 11.5 Å². The molecular weight excluding hydrogens is 212 g/mol.